The summed E-state index contributed by atoms with van der Waals surface area (Å²) in [4.78, 5) is 23.3. The molecule has 0 atom stereocenters. The number of carbonyl (C=O) groups excluding carboxylic acids is 1. The summed E-state index contributed by atoms with van der Waals surface area (Å²) >= 11 is 0. The standard InChI is InChI=1S/C19H15F4NO4/c20-15-8-12(4-5-14(15)19(21,22)23)28-9-10-1-6-16(13(7-10)18(26)27)24-17(25)11-2-3-11/h1,4-8,11H,2-3,9H2,(H,24,25)(H,26,27). The maximum Gasteiger partial charge on any atom is 0.419 e. The van der Waals surface area contributed by atoms with Crippen LogP contribution >= 0.6 is 0 Å². The summed E-state index contributed by atoms with van der Waals surface area (Å²) < 4.78 is 56.5. The molecule has 0 unspecified atom stereocenters. The number of rotatable bonds is 6. The summed E-state index contributed by atoms with van der Waals surface area (Å²) in [6.07, 6.45) is -3.27. The molecular formula is C19H15F4NO4. The number of ether oxygens (including phenoxy) is 1. The van der Waals surface area contributed by atoms with E-state index in [1.165, 1.54) is 18.2 Å². The zero-order valence-corrected chi connectivity index (χ0v) is 14.3. The fourth-order valence-electron chi connectivity index (χ4n) is 2.53. The van der Waals surface area contributed by atoms with Crippen LogP contribution in [0.3, 0.4) is 0 Å². The second-order valence-corrected chi connectivity index (χ2v) is 6.38. The number of carboxylic acid groups (broad SMARTS) is 1. The van der Waals surface area contributed by atoms with Gasteiger partial charge in [-0.2, -0.15) is 13.2 Å². The quantitative estimate of drug-likeness (QED) is 0.706. The minimum Gasteiger partial charge on any atom is -0.489 e. The van der Waals surface area contributed by atoms with E-state index in [1.807, 2.05) is 0 Å². The van der Waals surface area contributed by atoms with E-state index in [1.54, 1.807) is 0 Å². The van der Waals surface area contributed by atoms with E-state index in [4.69, 9.17) is 4.74 Å². The summed E-state index contributed by atoms with van der Waals surface area (Å²) in [6, 6.07) is 6.37. The highest BCUT2D eigenvalue weighted by Gasteiger charge is 2.34. The van der Waals surface area contributed by atoms with Gasteiger partial charge in [0.05, 0.1) is 16.8 Å². The SMILES string of the molecule is O=C(O)c1cc(COc2ccc(C(F)(F)F)c(F)c2)ccc1NC(=O)C1CC1. The van der Waals surface area contributed by atoms with Gasteiger partial charge in [-0.05, 0) is 42.7 Å². The van der Waals surface area contributed by atoms with Gasteiger partial charge in [-0.3, -0.25) is 4.79 Å². The molecule has 0 bridgehead atoms. The number of alkyl halides is 3. The monoisotopic (exact) mass is 397 g/mol. The number of amides is 1. The van der Waals surface area contributed by atoms with Gasteiger partial charge in [0.1, 0.15) is 18.2 Å². The summed E-state index contributed by atoms with van der Waals surface area (Å²) in [6.45, 7) is -0.193. The van der Waals surface area contributed by atoms with E-state index in [-0.39, 0.29) is 35.4 Å². The smallest absolute Gasteiger partial charge is 0.419 e. The largest absolute Gasteiger partial charge is 0.489 e. The average molecular weight is 397 g/mol. The fourth-order valence-corrected chi connectivity index (χ4v) is 2.53. The van der Waals surface area contributed by atoms with E-state index in [9.17, 15) is 32.3 Å². The van der Waals surface area contributed by atoms with Crippen molar-refractivity contribution in [3.63, 3.8) is 0 Å². The van der Waals surface area contributed by atoms with E-state index in [0.29, 0.717) is 17.7 Å². The molecule has 28 heavy (non-hydrogen) atoms. The van der Waals surface area contributed by atoms with Crippen LogP contribution in [0.15, 0.2) is 36.4 Å². The van der Waals surface area contributed by atoms with Crippen molar-refractivity contribution < 1.29 is 37.0 Å². The summed E-state index contributed by atoms with van der Waals surface area (Å²) in [7, 11) is 0. The number of carbonyl (C=O) groups is 2. The summed E-state index contributed by atoms with van der Waals surface area (Å²) in [5.74, 6) is -3.19. The predicted molar refractivity (Wildman–Crippen MR) is 90.5 cm³/mol. The molecule has 0 aliphatic heterocycles. The molecule has 0 saturated heterocycles. The van der Waals surface area contributed by atoms with Gasteiger partial charge < -0.3 is 15.2 Å². The molecule has 1 aliphatic carbocycles. The molecule has 2 aromatic carbocycles. The van der Waals surface area contributed by atoms with Crippen molar-refractivity contribution in [2.24, 2.45) is 5.92 Å². The van der Waals surface area contributed by atoms with Crippen molar-refractivity contribution in [1.29, 1.82) is 0 Å². The normalized spacial score (nSPS) is 13.9. The van der Waals surface area contributed by atoms with E-state index in [2.05, 4.69) is 5.32 Å². The molecule has 148 valence electrons. The van der Waals surface area contributed by atoms with Crippen molar-refractivity contribution in [3.05, 3.63) is 58.9 Å². The average Bonchev–Trinajstić information content (AvgIpc) is 3.44. The number of carboxylic acids is 1. The molecule has 2 N–H and O–H groups in total. The Bertz CT molecular complexity index is 923. The molecule has 5 nitrogen and oxygen atoms in total. The lowest BCUT2D eigenvalue weighted by Gasteiger charge is -2.12. The number of hydrogen-bond donors (Lipinski definition) is 2. The topological polar surface area (TPSA) is 75.6 Å². The Morgan fingerprint density at radius 3 is 2.43 bits per heavy atom. The van der Waals surface area contributed by atoms with Crippen LogP contribution in [0.1, 0.15) is 34.3 Å². The third-order valence-electron chi connectivity index (χ3n) is 4.17. The highest BCUT2D eigenvalue weighted by atomic mass is 19.4. The molecule has 3 rings (SSSR count). The van der Waals surface area contributed by atoms with Gasteiger partial charge in [0.2, 0.25) is 5.91 Å². The first kappa shape index (κ1) is 19.7. The second kappa shape index (κ2) is 7.49. The molecule has 0 spiro atoms. The van der Waals surface area contributed by atoms with Gasteiger partial charge in [0, 0.05) is 12.0 Å². The number of anilines is 1. The van der Waals surface area contributed by atoms with Gasteiger partial charge in [-0.15, -0.1) is 0 Å². The van der Waals surface area contributed by atoms with Crippen LogP contribution in [-0.4, -0.2) is 17.0 Å². The number of aromatic carboxylic acids is 1. The highest BCUT2D eigenvalue weighted by molar-refractivity contribution is 6.01. The zero-order chi connectivity index (χ0) is 20.5. The molecule has 1 fully saturated rings. The Kier molecular flexibility index (Phi) is 5.26. The van der Waals surface area contributed by atoms with Crippen LogP contribution < -0.4 is 10.1 Å². The number of hydrogen-bond acceptors (Lipinski definition) is 3. The van der Waals surface area contributed by atoms with Gasteiger partial charge >= 0.3 is 12.1 Å². The van der Waals surface area contributed by atoms with Crippen LogP contribution in [-0.2, 0) is 17.6 Å². The third-order valence-corrected chi connectivity index (χ3v) is 4.17. The molecule has 2 aromatic rings. The van der Waals surface area contributed by atoms with Crippen molar-refractivity contribution >= 4 is 17.6 Å². The fraction of sp³-hybridized carbons (Fsp3) is 0.263. The Balaban J connectivity index is 1.72. The Morgan fingerprint density at radius 2 is 1.86 bits per heavy atom. The lowest BCUT2D eigenvalue weighted by atomic mass is 10.1. The molecule has 0 radical (unpaired) electrons. The second-order valence-electron chi connectivity index (χ2n) is 6.38. The first-order valence-electron chi connectivity index (χ1n) is 8.32. The van der Waals surface area contributed by atoms with Gasteiger partial charge in [-0.1, -0.05) is 6.07 Å². The van der Waals surface area contributed by atoms with Crippen LogP contribution in [0.2, 0.25) is 0 Å². The minimum atomic E-state index is -4.81. The van der Waals surface area contributed by atoms with Crippen molar-refractivity contribution in [2.45, 2.75) is 25.6 Å². The molecule has 1 amide bonds. The van der Waals surface area contributed by atoms with Crippen LogP contribution in [0.25, 0.3) is 0 Å². The number of halogens is 4. The van der Waals surface area contributed by atoms with Crippen LogP contribution in [0.5, 0.6) is 5.75 Å². The summed E-state index contributed by atoms with van der Waals surface area (Å²) in [5, 5.41) is 11.9. The van der Waals surface area contributed by atoms with Gasteiger partial charge in [0.15, 0.2) is 0 Å². The first-order valence-corrected chi connectivity index (χ1v) is 8.32. The molecule has 1 aliphatic rings. The number of benzene rings is 2. The highest BCUT2D eigenvalue weighted by Crippen LogP contribution is 2.33. The maximum absolute atomic E-state index is 13.6. The van der Waals surface area contributed by atoms with E-state index >= 15 is 0 Å². The predicted octanol–water partition coefficient (Wildman–Crippen LogP) is 4.47. The van der Waals surface area contributed by atoms with Gasteiger partial charge in [0.25, 0.3) is 0 Å². The third kappa shape index (κ3) is 4.59. The van der Waals surface area contributed by atoms with Gasteiger partial charge in [-0.25, -0.2) is 9.18 Å². The van der Waals surface area contributed by atoms with Crippen molar-refractivity contribution in [2.75, 3.05) is 5.32 Å². The van der Waals surface area contributed by atoms with Crippen molar-refractivity contribution in [1.82, 2.24) is 0 Å². The molecular weight excluding hydrogens is 382 g/mol. The molecule has 1 saturated carbocycles. The Labute approximate surface area is 156 Å². The lowest BCUT2D eigenvalue weighted by Crippen LogP contribution is -2.16. The van der Waals surface area contributed by atoms with Crippen LogP contribution in [0, 0.1) is 11.7 Å². The van der Waals surface area contributed by atoms with Crippen LogP contribution in [0.4, 0.5) is 23.2 Å². The molecule has 0 heterocycles. The molecule has 9 heteroatoms. The van der Waals surface area contributed by atoms with E-state index in [0.717, 1.165) is 18.9 Å². The Morgan fingerprint density at radius 1 is 1.14 bits per heavy atom. The Hall–Kier alpha value is -3.10. The van der Waals surface area contributed by atoms with E-state index < -0.39 is 23.5 Å². The van der Waals surface area contributed by atoms with Crippen molar-refractivity contribution in [3.8, 4) is 5.75 Å². The molecule has 0 aromatic heterocycles. The zero-order valence-electron chi connectivity index (χ0n) is 14.3. The maximum atomic E-state index is 13.6. The number of nitrogens with one attached hydrogen (secondary N) is 1. The summed E-state index contributed by atoms with van der Waals surface area (Å²) in [5.41, 5.74) is -1.01. The first-order chi connectivity index (χ1) is 13.1. The minimum absolute atomic E-state index is 0.0979. The lowest BCUT2D eigenvalue weighted by molar-refractivity contribution is -0.140.